The fourth-order valence-corrected chi connectivity index (χ4v) is 5.64. The van der Waals surface area contributed by atoms with Crippen molar-refractivity contribution in [3.05, 3.63) is 80.5 Å². The highest BCUT2D eigenvalue weighted by Crippen LogP contribution is 2.29. The van der Waals surface area contributed by atoms with Crippen molar-refractivity contribution >= 4 is 68.4 Å². The van der Waals surface area contributed by atoms with Crippen LogP contribution in [-0.4, -0.2) is 32.3 Å². The van der Waals surface area contributed by atoms with Gasteiger partial charge in [0, 0.05) is 21.7 Å². The second-order valence-electron chi connectivity index (χ2n) is 9.74. The molecule has 39 heavy (non-hydrogen) atoms. The molecule has 0 aliphatic carbocycles. The molecule has 2 amide bonds. The van der Waals surface area contributed by atoms with Gasteiger partial charge in [-0.2, -0.15) is 0 Å². The molecule has 7 nitrogen and oxygen atoms in total. The van der Waals surface area contributed by atoms with E-state index in [9.17, 15) is 9.59 Å². The summed E-state index contributed by atoms with van der Waals surface area (Å²) in [5.74, 6) is 0.750. The van der Waals surface area contributed by atoms with Gasteiger partial charge in [0.2, 0.25) is 5.91 Å². The highest BCUT2D eigenvalue weighted by Gasteiger charge is 2.25. The largest absolute Gasteiger partial charge is 0.342 e. The van der Waals surface area contributed by atoms with Crippen LogP contribution in [0.15, 0.2) is 58.7 Å². The molecule has 11 heteroatoms. The predicted octanol–water partition coefficient (Wildman–Crippen LogP) is 7.90. The van der Waals surface area contributed by atoms with Crippen molar-refractivity contribution in [2.45, 2.75) is 57.8 Å². The van der Waals surface area contributed by atoms with Gasteiger partial charge in [0.1, 0.15) is 0 Å². The standard InChI is InChI=1S/C28H32BrCl2N5O2S/c1-6-11-36-26(24(12-16(2)3)33-27(38)20-9-8-19(30)14-22(20)31)34-35-28(36)39-15-25(37)32-23-10-7-18(29)13-21(23)17(4)5/h6-10,13-14,16-17,24H,1,11-12,15H2,2-5H3,(H,32,37)(H,33,38)/t24-/m0/s1. The number of rotatable bonds is 12. The molecule has 0 unspecified atom stereocenters. The maximum absolute atomic E-state index is 13.1. The third-order valence-electron chi connectivity index (χ3n) is 5.80. The van der Waals surface area contributed by atoms with Gasteiger partial charge >= 0.3 is 0 Å². The highest BCUT2D eigenvalue weighted by molar-refractivity contribution is 9.10. The maximum Gasteiger partial charge on any atom is 0.253 e. The monoisotopic (exact) mass is 651 g/mol. The molecule has 0 bridgehead atoms. The van der Waals surface area contributed by atoms with E-state index < -0.39 is 6.04 Å². The molecule has 3 aromatic rings. The Hall–Kier alpha value is -2.33. The number of amides is 2. The smallest absolute Gasteiger partial charge is 0.253 e. The third-order valence-corrected chi connectivity index (χ3v) is 7.81. The Bertz CT molecular complexity index is 1350. The molecule has 2 aromatic carbocycles. The molecule has 1 heterocycles. The first kappa shape index (κ1) is 31.2. The van der Waals surface area contributed by atoms with Gasteiger partial charge in [-0.05, 0) is 60.2 Å². The number of allylic oxidation sites excluding steroid dienone is 1. The molecule has 3 rings (SSSR count). The molecular weight excluding hydrogens is 621 g/mol. The number of thioether (sulfide) groups is 1. The minimum Gasteiger partial charge on any atom is -0.342 e. The second kappa shape index (κ2) is 14.3. The zero-order valence-electron chi connectivity index (χ0n) is 22.3. The van der Waals surface area contributed by atoms with Crippen LogP contribution in [0.3, 0.4) is 0 Å². The molecule has 0 saturated heterocycles. The third kappa shape index (κ3) is 8.58. The SMILES string of the molecule is C=CCn1c(SCC(=O)Nc2ccc(Br)cc2C(C)C)nnc1[C@H](CC(C)C)NC(=O)c1ccc(Cl)cc1Cl. The molecule has 0 aliphatic heterocycles. The number of carbonyl (C=O) groups excluding carboxylic acids is 2. The van der Waals surface area contributed by atoms with Crippen molar-refractivity contribution in [1.82, 2.24) is 20.1 Å². The summed E-state index contributed by atoms with van der Waals surface area (Å²) in [5.41, 5.74) is 2.16. The van der Waals surface area contributed by atoms with E-state index in [4.69, 9.17) is 23.2 Å². The van der Waals surface area contributed by atoms with Crippen LogP contribution in [-0.2, 0) is 11.3 Å². The van der Waals surface area contributed by atoms with Gasteiger partial charge < -0.3 is 15.2 Å². The number of carbonyl (C=O) groups is 2. The Morgan fingerprint density at radius 3 is 2.51 bits per heavy atom. The number of halogens is 3. The molecule has 0 aliphatic rings. The van der Waals surface area contributed by atoms with Crippen LogP contribution in [0.25, 0.3) is 0 Å². The van der Waals surface area contributed by atoms with Gasteiger partial charge in [-0.3, -0.25) is 9.59 Å². The molecule has 0 spiro atoms. The summed E-state index contributed by atoms with van der Waals surface area (Å²) in [6.45, 7) is 12.6. The van der Waals surface area contributed by atoms with E-state index >= 15 is 0 Å². The number of aromatic nitrogens is 3. The highest BCUT2D eigenvalue weighted by atomic mass is 79.9. The first-order valence-corrected chi connectivity index (χ1v) is 15.1. The van der Waals surface area contributed by atoms with Crippen molar-refractivity contribution in [1.29, 1.82) is 0 Å². The van der Waals surface area contributed by atoms with Crippen molar-refractivity contribution < 1.29 is 9.59 Å². The molecule has 208 valence electrons. The van der Waals surface area contributed by atoms with Gasteiger partial charge in [0.25, 0.3) is 5.91 Å². The summed E-state index contributed by atoms with van der Waals surface area (Å²) >= 11 is 17.0. The number of anilines is 1. The summed E-state index contributed by atoms with van der Waals surface area (Å²) in [5, 5.41) is 16.1. The number of nitrogens with one attached hydrogen (secondary N) is 2. The minimum absolute atomic E-state index is 0.143. The van der Waals surface area contributed by atoms with Crippen molar-refractivity contribution in [2.24, 2.45) is 5.92 Å². The van der Waals surface area contributed by atoms with Crippen LogP contribution in [0, 0.1) is 5.92 Å². The van der Waals surface area contributed by atoms with Crippen LogP contribution in [0.5, 0.6) is 0 Å². The summed E-state index contributed by atoms with van der Waals surface area (Å²) in [7, 11) is 0. The zero-order chi connectivity index (χ0) is 28.7. The Morgan fingerprint density at radius 1 is 1.13 bits per heavy atom. The van der Waals surface area contributed by atoms with Gasteiger partial charge in [-0.1, -0.05) is 84.7 Å². The summed E-state index contributed by atoms with van der Waals surface area (Å²) in [4.78, 5) is 26.0. The lowest BCUT2D eigenvalue weighted by molar-refractivity contribution is -0.113. The van der Waals surface area contributed by atoms with E-state index in [1.165, 1.54) is 17.8 Å². The molecule has 0 radical (unpaired) electrons. The average molecular weight is 653 g/mol. The van der Waals surface area contributed by atoms with E-state index in [0.29, 0.717) is 34.5 Å². The Morgan fingerprint density at radius 2 is 1.87 bits per heavy atom. The number of hydrogen-bond acceptors (Lipinski definition) is 5. The van der Waals surface area contributed by atoms with E-state index in [2.05, 4.69) is 71.0 Å². The van der Waals surface area contributed by atoms with Gasteiger partial charge in [-0.25, -0.2) is 0 Å². The van der Waals surface area contributed by atoms with Crippen LogP contribution in [0.2, 0.25) is 10.0 Å². The summed E-state index contributed by atoms with van der Waals surface area (Å²) in [6.07, 6.45) is 2.36. The van der Waals surface area contributed by atoms with Crippen LogP contribution in [0.1, 0.15) is 67.8 Å². The quantitative estimate of drug-likeness (QED) is 0.153. The Kier molecular flexibility index (Phi) is 11.5. The lowest BCUT2D eigenvalue weighted by Crippen LogP contribution is -2.32. The zero-order valence-corrected chi connectivity index (χ0v) is 26.2. The molecule has 0 fully saturated rings. The molecule has 0 saturated carbocycles. The van der Waals surface area contributed by atoms with Crippen molar-refractivity contribution in [2.75, 3.05) is 11.1 Å². The normalized spacial score (nSPS) is 12.0. The van der Waals surface area contributed by atoms with E-state index in [-0.39, 0.29) is 34.4 Å². The molecule has 2 N–H and O–H groups in total. The second-order valence-corrected chi connectivity index (χ2v) is 12.4. The van der Waals surface area contributed by atoms with E-state index in [1.807, 2.05) is 22.8 Å². The van der Waals surface area contributed by atoms with E-state index in [0.717, 1.165) is 15.7 Å². The van der Waals surface area contributed by atoms with Gasteiger partial charge in [-0.15, -0.1) is 16.8 Å². The lowest BCUT2D eigenvalue weighted by atomic mass is 10.0. The Labute approximate surface area is 252 Å². The first-order valence-electron chi connectivity index (χ1n) is 12.5. The van der Waals surface area contributed by atoms with Crippen LogP contribution in [0.4, 0.5) is 5.69 Å². The predicted molar refractivity (Wildman–Crippen MR) is 164 cm³/mol. The maximum atomic E-state index is 13.1. The molecule has 1 atom stereocenters. The lowest BCUT2D eigenvalue weighted by Gasteiger charge is -2.21. The minimum atomic E-state index is -0.434. The van der Waals surface area contributed by atoms with E-state index in [1.54, 1.807) is 18.2 Å². The average Bonchev–Trinajstić information content (AvgIpc) is 3.25. The fraction of sp³-hybridized carbons (Fsp3) is 0.357. The Balaban J connectivity index is 1.80. The van der Waals surface area contributed by atoms with Gasteiger partial charge in [0.15, 0.2) is 11.0 Å². The van der Waals surface area contributed by atoms with Crippen LogP contribution < -0.4 is 10.6 Å². The summed E-state index contributed by atoms with van der Waals surface area (Å²) in [6, 6.07) is 10.1. The van der Waals surface area contributed by atoms with Crippen LogP contribution >= 0.6 is 50.9 Å². The fourth-order valence-electron chi connectivity index (χ4n) is 4.02. The first-order chi connectivity index (χ1) is 18.5. The van der Waals surface area contributed by atoms with Gasteiger partial charge in [0.05, 0.1) is 22.4 Å². The molecule has 1 aromatic heterocycles. The molecular formula is C28H32BrCl2N5O2S. The number of hydrogen-bond donors (Lipinski definition) is 2. The summed E-state index contributed by atoms with van der Waals surface area (Å²) < 4.78 is 2.84. The number of benzene rings is 2. The number of nitrogens with zero attached hydrogens (tertiary/aromatic N) is 3. The topological polar surface area (TPSA) is 88.9 Å². The van der Waals surface area contributed by atoms with Crippen molar-refractivity contribution in [3.8, 4) is 0 Å². The van der Waals surface area contributed by atoms with Crippen molar-refractivity contribution in [3.63, 3.8) is 0 Å².